The standard InChI is InChI=1S/C33H21BrN4.C32H20BrN5.C25H15BrN4/c34-26-11-14-28-32(21-26)38(31-8-5-17-37-33(28)31)27-12-9-22(10-13-27)23-18-24(29-6-1-3-15-35-29)20-25(19-23)30-7-2-4-16-36-30;33-23-11-14-25-31(20-23)38(30-8-5-17-36-32(25)30)24-12-9-21(10-13-24)22-18-28(26-6-1-3-15-34-26)37-29(19-22)27-7-2-4-16-35-27;26-17-12-13-19-22(15-17)30(21-11-6-14-27-24(19)21)25-28-20-10-5-4-9-18(20)23(29-25)16-7-2-1-3-8-16/h1-21H;1-20H;1-15H. The second-order valence-electron chi connectivity index (χ2n) is 25.2. The van der Waals surface area contributed by atoms with Gasteiger partial charge in [0.05, 0.1) is 95.0 Å². The van der Waals surface area contributed by atoms with Gasteiger partial charge in [-0.05, 0) is 222 Å². The van der Waals surface area contributed by atoms with E-state index < -0.39 is 0 Å². The highest BCUT2D eigenvalue weighted by Crippen LogP contribution is 2.40. The predicted molar refractivity (Wildman–Crippen MR) is 439 cm³/mol. The van der Waals surface area contributed by atoms with Crippen LogP contribution in [0, 0.1) is 0 Å². The molecule has 0 aliphatic rings. The number of para-hydroxylation sites is 1. The van der Waals surface area contributed by atoms with E-state index >= 15 is 0 Å². The van der Waals surface area contributed by atoms with Crippen LogP contribution >= 0.6 is 47.8 Å². The van der Waals surface area contributed by atoms with E-state index in [-0.39, 0.29) is 0 Å². The maximum Gasteiger partial charge on any atom is 0.235 e. The van der Waals surface area contributed by atoms with Gasteiger partial charge < -0.3 is 9.13 Å². The summed E-state index contributed by atoms with van der Waals surface area (Å²) in [4.78, 5) is 47.1. The van der Waals surface area contributed by atoms with E-state index in [4.69, 9.17) is 15.0 Å². The molecule has 0 unspecified atom stereocenters. The summed E-state index contributed by atoms with van der Waals surface area (Å²) in [5.41, 5.74) is 26.1. The van der Waals surface area contributed by atoms with Gasteiger partial charge in [-0.1, -0.05) is 145 Å². The lowest BCUT2D eigenvalue weighted by Crippen LogP contribution is -2.03. The SMILES string of the molecule is Brc1ccc2c3ncccc3n(-c3ccc(-c4cc(-c5ccccn5)cc(-c5ccccn5)c4)cc3)c2c1.Brc1ccc2c3ncccc3n(-c3ccc(-c4cc(-c5ccccn5)nc(-c5ccccn5)c4)cc3)c2c1.Brc1ccc2c3ncccc3n(-c3nc(-c4ccccc4)c4ccccc4n3)c2c1. The second-order valence-corrected chi connectivity index (χ2v) is 28.0. The Bertz CT molecular complexity index is 6260. The smallest absolute Gasteiger partial charge is 0.235 e. The Morgan fingerprint density at radius 2 is 0.604 bits per heavy atom. The number of hydrogen-bond donors (Lipinski definition) is 0. The molecule has 13 nitrogen and oxygen atoms in total. The van der Waals surface area contributed by atoms with Gasteiger partial charge in [-0.15, -0.1) is 0 Å². The second kappa shape index (κ2) is 28.4. The molecule has 16 heteroatoms. The molecular weight excluding hydrogens is 1500 g/mol. The van der Waals surface area contributed by atoms with E-state index in [0.717, 1.165) is 180 Å². The van der Waals surface area contributed by atoms with Crippen LogP contribution in [-0.4, -0.2) is 63.5 Å². The van der Waals surface area contributed by atoms with Crippen molar-refractivity contribution < 1.29 is 0 Å². The third-order valence-corrected chi connectivity index (χ3v) is 20.2. The van der Waals surface area contributed by atoms with Crippen molar-refractivity contribution in [3.8, 4) is 96.1 Å². The average molecular weight is 1560 g/mol. The Morgan fingerprint density at radius 1 is 0.217 bits per heavy atom. The fourth-order valence-electron chi connectivity index (χ4n) is 13.9. The highest BCUT2D eigenvalue weighted by atomic mass is 79.9. The predicted octanol–water partition coefficient (Wildman–Crippen LogP) is 23.4. The van der Waals surface area contributed by atoms with Crippen molar-refractivity contribution in [2.45, 2.75) is 0 Å². The molecule has 0 spiro atoms. The molecule has 0 saturated carbocycles. The zero-order valence-corrected chi connectivity index (χ0v) is 61.0. The van der Waals surface area contributed by atoms with Crippen LogP contribution in [0.2, 0.25) is 0 Å². The molecule has 0 radical (unpaired) electrons. The maximum atomic E-state index is 5.05. The van der Waals surface area contributed by atoms with E-state index in [1.807, 2.05) is 164 Å². The first-order valence-electron chi connectivity index (χ1n) is 34.3. The van der Waals surface area contributed by atoms with Crippen molar-refractivity contribution in [1.82, 2.24) is 63.5 Å². The molecule has 0 bridgehead atoms. The highest BCUT2D eigenvalue weighted by Gasteiger charge is 2.21. The first-order valence-corrected chi connectivity index (χ1v) is 36.7. The van der Waals surface area contributed by atoms with Crippen molar-refractivity contribution in [3.05, 3.63) is 354 Å². The molecule has 0 fully saturated rings. The average Bonchev–Trinajstić information content (AvgIpc) is 1.47. The number of pyridine rings is 8. The first-order chi connectivity index (χ1) is 52.3. The van der Waals surface area contributed by atoms with Crippen LogP contribution in [0.4, 0.5) is 0 Å². The Morgan fingerprint density at radius 3 is 1.06 bits per heavy atom. The summed E-state index contributed by atoms with van der Waals surface area (Å²) in [6.07, 6.45) is 12.8. The van der Waals surface area contributed by atoms with Gasteiger partial charge in [0.15, 0.2) is 0 Å². The van der Waals surface area contributed by atoms with Crippen LogP contribution in [0.1, 0.15) is 0 Å². The molecule has 106 heavy (non-hydrogen) atoms. The van der Waals surface area contributed by atoms with Crippen LogP contribution in [0.3, 0.4) is 0 Å². The third-order valence-electron chi connectivity index (χ3n) is 18.7. The van der Waals surface area contributed by atoms with Gasteiger partial charge in [0.1, 0.15) is 0 Å². The summed E-state index contributed by atoms with van der Waals surface area (Å²) in [5.74, 6) is 0.638. The summed E-state index contributed by atoms with van der Waals surface area (Å²) >= 11 is 10.9. The fourth-order valence-corrected chi connectivity index (χ4v) is 15.0. The quantitative estimate of drug-likeness (QED) is 0.130. The van der Waals surface area contributed by atoms with E-state index in [9.17, 15) is 0 Å². The van der Waals surface area contributed by atoms with Crippen molar-refractivity contribution >= 4 is 125 Å². The lowest BCUT2D eigenvalue weighted by atomic mass is 9.96. The molecule has 0 amide bonds. The molecule has 20 rings (SSSR count). The van der Waals surface area contributed by atoms with Crippen molar-refractivity contribution in [1.29, 1.82) is 0 Å². The number of halogens is 3. The molecule has 0 atom stereocenters. The van der Waals surface area contributed by atoms with E-state index in [0.29, 0.717) is 5.95 Å². The van der Waals surface area contributed by atoms with Gasteiger partial charge in [0, 0.05) is 106 Å². The van der Waals surface area contributed by atoms with Crippen molar-refractivity contribution in [2.24, 2.45) is 0 Å². The minimum atomic E-state index is 0.638. The molecule has 0 aliphatic carbocycles. The van der Waals surface area contributed by atoms with Gasteiger partial charge in [-0.2, -0.15) is 0 Å². The van der Waals surface area contributed by atoms with Gasteiger partial charge in [-0.3, -0.25) is 39.5 Å². The molecule has 0 N–H and O–H groups in total. The summed E-state index contributed by atoms with van der Waals surface area (Å²) in [5, 5.41) is 4.37. The molecular formula is C90H56Br3N13. The molecule has 12 aromatic heterocycles. The monoisotopic (exact) mass is 1560 g/mol. The number of nitrogens with zero attached hydrogens (tertiary/aromatic N) is 13. The van der Waals surface area contributed by atoms with E-state index in [1.54, 1.807) is 12.4 Å². The zero-order valence-electron chi connectivity index (χ0n) is 56.3. The molecule has 8 aromatic carbocycles. The number of fused-ring (bicyclic) bond motifs is 10. The van der Waals surface area contributed by atoms with E-state index in [1.165, 1.54) is 0 Å². The van der Waals surface area contributed by atoms with Crippen molar-refractivity contribution in [3.63, 3.8) is 0 Å². The highest BCUT2D eigenvalue weighted by molar-refractivity contribution is 9.11. The minimum Gasteiger partial charge on any atom is -0.308 e. The zero-order chi connectivity index (χ0) is 71.0. The molecule has 0 aliphatic heterocycles. The molecule has 20 aromatic rings. The largest absolute Gasteiger partial charge is 0.308 e. The maximum absolute atomic E-state index is 5.05. The fraction of sp³-hybridized carbons (Fsp3) is 0. The van der Waals surface area contributed by atoms with E-state index in [2.05, 4.69) is 260 Å². The third kappa shape index (κ3) is 12.6. The van der Waals surface area contributed by atoms with Gasteiger partial charge in [0.25, 0.3) is 0 Å². The summed E-state index contributed by atoms with van der Waals surface area (Å²) < 4.78 is 9.71. The first kappa shape index (κ1) is 65.2. The van der Waals surface area contributed by atoms with Crippen LogP contribution in [0.5, 0.6) is 0 Å². The number of benzene rings is 8. The van der Waals surface area contributed by atoms with Gasteiger partial charge >= 0.3 is 0 Å². The summed E-state index contributed by atoms with van der Waals surface area (Å²) in [6.45, 7) is 0. The Hall–Kier alpha value is -12.9. The van der Waals surface area contributed by atoms with Crippen LogP contribution in [0.15, 0.2) is 354 Å². The Labute approximate surface area is 633 Å². The molecule has 12 heterocycles. The lowest BCUT2D eigenvalue weighted by molar-refractivity contribution is 1.01. The summed E-state index contributed by atoms with van der Waals surface area (Å²) in [6, 6.07) is 101. The minimum absolute atomic E-state index is 0.638. The topological polar surface area (TPSA) is 144 Å². The van der Waals surface area contributed by atoms with Gasteiger partial charge in [0.2, 0.25) is 5.95 Å². The van der Waals surface area contributed by atoms with Gasteiger partial charge in [-0.25, -0.2) is 15.0 Å². The number of aromatic nitrogens is 13. The molecule has 502 valence electrons. The van der Waals surface area contributed by atoms with Crippen LogP contribution < -0.4 is 0 Å². The number of hydrogen-bond acceptors (Lipinski definition) is 10. The number of rotatable bonds is 10. The Balaban J connectivity index is 0.000000114. The van der Waals surface area contributed by atoms with Crippen LogP contribution in [-0.2, 0) is 0 Å². The normalized spacial score (nSPS) is 11.3. The lowest BCUT2D eigenvalue weighted by Gasteiger charge is -2.12. The van der Waals surface area contributed by atoms with Crippen LogP contribution in [0.25, 0.3) is 173 Å². The molecule has 0 saturated heterocycles. The van der Waals surface area contributed by atoms with Crippen molar-refractivity contribution in [2.75, 3.05) is 0 Å². The Kier molecular flexibility index (Phi) is 17.5. The summed E-state index contributed by atoms with van der Waals surface area (Å²) in [7, 11) is 0.